The molecule has 0 radical (unpaired) electrons. The molecule has 5 heteroatoms. The van der Waals surface area contributed by atoms with E-state index in [1.54, 1.807) is 12.4 Å². The second-order valence-corrected chi connectivity index (χ2v) is 4.12. The molecule has 0 aromatic carbocycles. The third-order valence-corrected chi connectivity index (χ3v) is 2.87. The largest absolute Gasteiger partial charge is 0.350 e. The zero-order valence-corrected chi connectivity index (χ0v) is 10.5. The van der Waals surface area contributed by atoms with E-state index in [-0.39, 0.29) is 0 Å². The molecule has 2 heterocycles. The van der Waals surface area contributed by atoms with Gasteiger partial charge in [-0.1, -0.05) is 17.7 Å². The molecule has 0 aliphatic carbocycles. The van der Waals surface area contributed by atoms with Crippen molar-refractivity contribution < 1.29 is 0 Å². The highest BCUT2D eigenvalue weighted by molar-refractivity contribution is 6.30. The molecular weight excluding hydrogens is 236 g/mol. The van der Waals surface area contributed by atoms with E-state index in [9.17, 15) is 0 Å². The Morgan fingerprint density at radius 2 is 2.12 bits per heavy atom. The van der Waals surface area contributed by atoms with Crippen molar-refractivity contribution in [2.45, 2.75) is 20.4 Å². The molecule has 0 saturated carbocycles. The van der Waals surface area contributed by atoms with E-state index in [4.69, 9.17) is 11.6 Å². The summed E-state index contributed by atoms with van der Waals surface area (Å²) in [6.07, 6.45) is 3.54. The third kappa shape index (κ3) is 2.91. The fourth-order valence-corrected chi connectivity index (χ4v) is 1.57. The van der Waals surface area contributed by atoms with E-state index in [1.807, 2.05) is 26.0 Å². The molecule has 4 nitrogen and oxygen atoms in total. The van der Waals surface area contributed by atoms with Crippen molar-refractivity contribution in [2.24, 2.45) is 0 Å². The summed E-state index contributed by atoms with van der Waals surface area (Å²) >= 11 is 6.00. The number of rotatable bonds is 3. The van der Waals surface area contributed by atoms with E-state index in [1.165, 1.54) is 0 Å². The Balaban J connectivity index is 2.10. The third-order valence-electron chi connectivity index (χ3n) is 2.50. The van der Waals surface area contributed by atoms with Crippen LogP contribution in [0.1, 0.15) is 16.8 Å². The van der Waals surface area contributed by atoms with Gasteiger partial charge in [0.05, 0.1) is 0 Å². The highest BCUT2D eigenvalue weighted by Gasteiger charge is 2.05. The molecule has 2 rings (SSSR count). The van der Waals surface area contributed by atoms with Crippen LogP contribution in [0.5, 0.6) is 0 Å². The van der Waals surface area contributed by atoms with Crippen molar-refractivity contribution in [3.63, 3.8) is 0 Å². The number of nitrogens with zero attached hydrogens (tertiary/aromatic N) is 3. The summed E-state index contributed by atoms with van der Waals surface area (Å²) in [5.41, 5.74) is 2.88. The van der Waals surface area contributed by atoms with Crippen molar-refractivity contribution in [1.29, 1.82) is 0 Å². The first kappa shape index (κ1) is 11.8. The molecule has 0 unspecified atom stereocenters. The highest BCUT2D eigenvalue weighted by Crippen LogP contribution is 2.16. The first-order chi connectivity index (χ1) is 8.16. The topological polar surface area (TPSA) is 50.7 Å². The second kappa shape index (κ2) is 5.10. The van der Waals surface area contributed by atoms with E-state index in [2.05, 4.69) is 20.3 Å². The molecule has 88 valence electrons. The Morgan fingerprint density at radius 3 is 2.76 bits per heavy atom. The van der Waals surface area contributed by atoms with Crippen LogP contribution < -0.4 is 5.32 Å². The van der Waals surface area contributed by atoms with Crippen LogP contribution in [0.15, 0.2) is 24.5 Å². The summed E-state index contributed by atoms with van der Waals surface area (Å²) in [6.45, 7) is 4.45. The fraction of sp³-hybridized carbons (Fsp3) is 0.250. The lowest BCUT2D eigenvalue weighted by atomic mass is 10.3. The smallest absolute Gasteiger partial charge is 0.224 e. The average molecular weight is 249 g/mol. The maximum absolute atomic E-state index is 6.00. The minimum atomic E-state index is 0.492. The van der Waals surface area contributed by atoms with Gasteiger partial charge in [0, 0.05) is 30.2 Å². The quantitative estimate of drug-likeness (QED) is 0.849. The zero-order valence-electron chi connectivity index (χ0n) is 9.74. The standard InChI is InChI=1S/C12H13ClN4/c1-8-9(2)16-12(17-11(8)13)15-7-10-4-3-5-14-6-10/h3-6H,7H2,1-2H3,(H,15,16,17). The number of hydrogen-bond donors (Lipinski definition) is 1. The summed E-state index contributed by atoms with van der Waals surface area (Å²) < 4.78 is 0. The number of anilines is 1. The van der Waals surface area contributed by atoms with Gasteiger partial charge in [-0.25, -0.2) is 9.97 Å². The summed E-state index contributed by atoms with van der Waals surface area (Å²) in [5.74, 6) is 0.543. The van der Waals surface area contributed by atoms with Gasteiger partial charge in [-0.05, 0) is 25.5 Å². The average Bonchev–Trinajstić information content (AvgIpc) is 2.34. The van der Waals surface area contributed by atoms with E-state index in [0.29, 0.717) is 17.6 Å². The van der Waals surface area contributed by atoms with Crippen LogP contribution >= 0.6 is 11.6 Å². The van der Waals surface area contributed by atoms with Crippen molar-refractivity contribution in [2.75, 3.05) is 5.32 Å². The van der Waals surface area contributed by atoms with Crippen molar-refractivity contribution in [3.8, 4) is 0 Å². The van der Waals surface area contributed by atoms with E-state index in [0.717, 1.165) is 16.8 Å². The Hall–Kier alpha value is -1.68. The molecule has 0 aliphatic heterocycles. The predicted molar refractivity (Wildman–Crippen MR) is 68.1 cm³/mol. The first-order valence-corrected chi connectivity index (χ1v) is 5.68. The van der Waals surface area contributed by atoms with E-state index < -0.39 is 0 Å². The molecule has 2 aromatic rings. The molecule has 0 fully saturated rings. The first-order valence-electron chi connectivity index (χ1n) is 5.30. The zero-order chi connectivity index (χ0) is 12.3. The summed E-state index contributed by atoms with van der Waals surface area (Å²) in [7, 11) is 0. The Kier molecular flexibility index (Phi) is 3.54. The van der Waals surface area contributed by atoms with Gasteiger partial charge in [0.1, 0.15) is 5.15 Å². The number of hydrogen-bond acceptors (Lipinski definition) is 4. The van der Waals surface area contributed by atoms with Crippen LogP contribution in [0.4, 0.5) is 5.95 Å². The van der Waals surface area contributed by atoms with Crippen LogP contribution in [0.3, 0.4) is 0 Å². The number of aryl methyl sites for hydroxylation is 1. The van der Waals surface area contributed by atoms with E-state index >= 15 is 0 Å². The SMILES string of the molecule is Cc1nc(NCc2cccnc2)nc(Cl)c1C. The monoisotopic (exact) mass is 248 g/mol. The molecule has 1 N–H and O–H groups in total. The van der Waals surface area contributed by atoms with Crippen molar-refractivity contribution in [3.05, 3.63) is 46.5 Å². The minimum Gasteiger partial charge on any atom is -0.350 e. The number of aromatic nitrogens is 3. The Bertz CT molecular complexity index is 490. The van der Waals surface area contributed by atoms with Crippen LogP contribution in [-0.4, -0.2) is 15.0 Å². The fourth-order valence-electron chi connectivity index (χ4n) is 1.36. The Morgan fingerprint density at radius 1 is 1.29 bits per heavy atom. The summed E-state index contributed by atoms with van der Waals surface area (Å²) in [4.78, 5) is 12.5. The van der Waals surface area contributed by atoms with Gasteiger partial charge in [0.15, 0.2) is 0 Å². The second-order valence-electron chi connectivity index (χ2n) is 3.76. The van der Waals surface area contributed by atoms with Gasteiger partial charge in [0.25, 0.3) is 0 Å². The number of halogens is 1. The normalized spacial score (nSPS) is 10.3. The molecule has 0 spiro atoms. The minimum absolute atomic E-state index is 0.492. The number of nitrogens with one attached hydrogen (secondary N) is 1. The van der Waals surface area contributed by atoms with Gasteiger partial charge < -0.3 is 5.32 Å². The maximum Gasteiger partial charge on any atom is 0.224 e. The Labute approximate surface area is 105 Å². The lowest BCUT2D eigenvalue weighted by molar-refractivity contribution is 1.00. The van der Waals surface area contributed by atoms with Gasteiger partial charge >= 0.3 is 0 Å². The lowest BCUT2D eigenvalue weighted by Crippen LogP contribution is -2.06. The lowest BCUT2D eigenvalue weighted by Gasteiger charge is -2.07. The molecule has 0 atom stereocenters. The van der Waals surface area contributed by atoms with Gasteiger partial charge in [-0.3, -0.25) is 4.98 Å². The maximum atomic E-state index is 6.00. The molecule has 2 aromatic heterocycles. The summed E-state index contributed by atoms with van der Waals surface area (Å²) in [5, 5.41) is 3.61. The van der Waals surface area contributed by atoms with Gasteiger partial charge in [0.2, 0.25) is 5.95 Å². The van der Waals surface area contributed by atoms with Crippen molar-refractivity contribution >= 4 is 17.5 Å². The molecule has 0 amide bonds. The van der Waals surface area contributed by atoms with Crippen LogP contribution in [0, 0.1) is 13.8 Å². The predicted octanol–water partition coefficient (Wildman–Crippen LogP) is 2.75. The van der Waals surface area contributed by atoms with Crippen molar-refractivity contribution in [1.82, 2.24) is 15.0 Å². The molecule has 0 aliphatic rings. The van der Waals surface area contributed by atoms with Gasteiger partial charge in [-0.15, -0.1) is 0 Å². The van der Waals surface area contributed by atoms with Crippen LogP contribution in [0.25, 0.3) is 0 Å². The van der Waals surface area contributed by atoms with Crippen LogP contribution in [-0.2, 0) is 6.54 Å². The molecular formula is C12H13ClN4. The molecule has 17 heavy (non-hydrogen) atoms. The molecule has 0 saturated heterocycles. The number of pyridine rings is 1. The summed E-state index contributed by atoms with van der Waals surface area (Å²) in [6, 6.07) is 3.88. The molecule has 0 bridgehead atoms. The van der Waals surface area contributed by atoms with Crippen LogP contribution in [0.2, 0.25) is 5.15 Å². The highest BCUT2D eigenvalue weighted by atomic mass is 35.5. The van der Waals surface area contributed by atoms with Gasteiger partial charge in [-0.2, -0.15) is 0 Å².